The molecule has 276 valence electrons. The van der Waals surface area contributed by atoms with Crippen LogP contribution in [0.15, 0.2) is 42.5 Å². The normalized spacial score (nSPS) is 23.2. The molecule has 4 heterocycles. The maximum atomic E-state index is 13.7. The van der Waals surface area contributed by atoms with Crippen LogP contribution in [0.1, 0.15) is 64.9 Å². The second kappa shape index (κ2) is 14.1. The van der Waals surface area contributed by atoms with E-state index >= 15 is 0 Å². The third kappa shape index (κ3) is 6.11. The highest BCUT2D eigenvalue weighted by molar-refractivity contribution is 5.95. The molecule has 4 aliphatic heterocycles. The van der Waals surface area contributed by atoms with Crippen LogP contribution in [0.25, 0.3) is 6.08 Å². The Labute approximate surface area is 308 Å². The number of ether oxygens (including phenoxy) is 4. The fraction of sp³-hybridized carbons (Fsp3) is 0.400. The number of aromatic hydroxyl groups is 1. The molecule has 4 aliphatic rings. The van der Waals surface area contributed by atoms with Crippen molar-refractivity contribution in [1.82, 2.24) is 20.4 Å². The lowest BCUT2D eigenvalue weighted by atomic mass is 9.71. The first-order chi connectivity index (χ1) is 25.4. The van der Waals surface area contributed by atoms with Gasteiger partial charge in [-0.2, -0.15) is 5.26 Å². The van der Waals surface area contributed by atoms with Crippen LogP contribution in [0.4, 0.5) is 0 Å². The summed E-state index contributed by atoms with van der Waals surface area (Å²) in [5.74, 6) is 0.331. The number of methoxy groups -OCH3 is 1. The predicted molar refractivity (Wildman–Crippen MR) is 194 cm³/mol. The van der Waals surface area contributed by atoms with Gasteiger partial charge < -0.3 is 34.7 Å². The Morgan fingerprint density at radius 1 is 1.09 bits per heavy atom. The summed E-state index contributed by atoms with van der Waals surface area (Å²) in [6.45, 7) is 6.61. The summed E-state index contributed by atoms with van der Waals surface area (Å²) in [5.41, 5.74) is 5.26. The van der Waals surface area contributed by atoms with Gasteiger partial charge in [-0.3, -0.25) is 24.2 Å². The van der Waals surface area contributed by atoms with E-state index in [-0.39, 0.29) is 25.1 Å². The molecule has 6 atom stereocenters. The number of benzene rings is 3. The van der Waals surface area contributed by atoms with E-state index in [2.05, 4.69) is 26.5 Å². The minimum Gasteiger partial charge on any atom is -0.504 e. The molecule has 0 saturated carbocycles. The van der Waals surface area contributed by atoms with Gasteiger partial charge in [-0.05, 0) is 63.4 Å². The first-order valence-electron chi connectivity index (χ1n) is 17.7. The number of carbonyl (C=O) groups is 3. The summed E-state index contributed by atoms with van der Waals surface area (Å²) >= 11 is 0. The molecule has 2 amide bonds. The molecule has 2 unspecified atom stereocenters. The van der Waals surface area contributed by atoms with Gasteiger partial charge in [0.05, 0.1) is 25.3 Å². The summed E-state index contributed by atoms with van der Waals surface area (Å²) < 4.78 is 23.6. The first-order valence-corrected chi connectivity index (χ1v) is 17.7. The van der Waals surface area contributed by atoms with E-state index in [1.807, 2.05) is 57.3 Å². The number of esters is 1. The number of fused-ring (bicyclic) bond motifs is 9. The number of likely N-dealkylation sites (N-methyl/N-ethyl adjacent to an activating group) is 1. The topological polar surface area (TPSA) is 163 Å². The van der Waals surface area contributed by atoms with Crippen LogP contribution in [-0.4, -0.2) is 84.4 Å². The number of hydrogen-bond acceptors (Lipinski definition) is 11. The van der Waals surface area contributed by atoms with Gasteiger partial charge in [0.25, 0.3) is 0 Å². The zero-order valence-electron chi connectivity index (χ0n) is 30.6. The van der Waals surface area contributed by atoms with Crippen LogP contribution in [0.2, 0.25) is 0 Å². The second-order valence-electron chi connectivity index (χ2n) is 14.1. The van der Waals surface area contributed by atoms with Crippen molar-refractivity contribution in [1.29, 1.82) is 5.26 Å². The molecule has 2 bridgehead atoms. The predicted octanol–water partition coefficient (Wildman–Crippen LogP) is 3.78. The van der Waals surface area contributed by atoms with Crippen molar-refractivity contribution in [3.63, 3.8) is 0 Å². The number of rotatable bonds is 8. The number of nitrogens with zero attached hydrogens (tertiary/aromatic N) is 3. The molecule has 1 saturated heterocycles. The van der Waals surface area contributed by atoms with E-state index in [0.29, 0.717) is 52.5 Å². The number of carbonyl (C=O) groups excluding carboxylic acids is 3. The molecular formula is C40H43N5O8. The second-order valence-corrected chi connectivity index (χ2v) is 14.1. The van der Waals surface area contributed by atoms with Crippen molar-refractivity contribution in [3.05, 3.63) is 81.4 Å². The SMILES string of the molecule is COc1c(C)cc2c(c1O)[C@H]1C3Cc4c(OC(C)=O)c(C)c5c(c4[C@H](CNC(=O)[C@H](C)NC(=O)/C=C/c4ccccc4)N3C(C#N)[C@@H](C2)N1C)OCO5. The smallest absolute Gasteiger partial charge is 0.308 e. The Kier molecular flexibility index (Phi) is 9.52. The Morgan fingerprint density at radius 2 is 1.83 bits per heavy atom. The number of nitrogens with one attached hydrogen (secondary N) is 2. The van der Waals surface area contributed by atoms with Crippen molar-refractivity contribution >= 4 is 23.9 Å². The van der Waals surface area contributed by atoms with Gasteiger partial charge in [0, 0.05) is 53.9 Å². The van der Waals surface area contributed by atoms with Crippen LogP contribution >= 0.6 is 0 Å². The number of hydrogen-bond donors (Lipinski definition) is 3. The molecule has 0 aromatic heterocycles. The summed E-state index contributed by atoms with van der Waals surface area (Å²) in [6.07, 6.45) is 3.88. The summed E-state index contributed by atoms with van der Waals surface area (Å²) in [4.78, 5) is 43.3. The fourth-order valence-corrected chi connectivity index (χ4v) is 8.72. The lowest BCUT2D eigenvalue weighted by Gasteiger charge is -2.60. The third-order valence-electron chi connectivity index (χ3n) is 11.0. The van der Waals surface area contributed by atoms with Crippen molar-refractivity contribution < 1.29 is 38.4 Å². The summed E-state index contributed by atoms with van der Waals surface area (Å²) in [5, 5.41) is 28.4. The van der Waals surface area contributed by atoms with E-state index in [9.17, 15) is 24.8 Å². The highest BCUT2D eigenvalue weighted by atomic mass is 16.7. The molecule has 1 fully saturated rings. The quantitative estimate of drug-likeness (QED) is 0.176. The zero-order chi connectivity index (χ0) is 37.7. The maximum Gasteiger partial charge on any atom is 0.308 e. The number of phenolic OH excluding ortho intramolecular Hbond substituents is 1. The van der Waals surface area contributed by atoms with E-state index < -0.39 is 48.0 Å². The van der Waals surface area contributed by atoms with Gasteiger partial charge in [0.1, 0.15) is 17.8 Å². The van der Waals surface area contributed by atoms with Crippen LogP contribution < -0.4 is 29.6 Å². The maximum absolute atomic E-state index is 13.7. The molecule has 7 rings (SSSR count). The molecule has 3 aromatic carbocycles. The van der Waals surface area contributed by atoms with Crippen molar-refractivity contribution in [2.75, 3.05) is 27.5 Å². The van der Waals surface area contributed by atoms with Crippen LogP contribution in [-0.2, 0) is 27.2 Å². The zero-order valence-corrected chi connectivity index (χ0v) is 30.6. The monoisotopic (exact) mass is 721 g/mol. The highest BCUT2D eigenvalue weighted by Gasteiger charge is 2.57. The molecule has 0 aliphatic carbocycles. The first kappa shape index (κ1) is 35.8. The van der Waals surface area contributed by atoms with Crippen molar-refractivity contribution in [3.8, 4) is 34.8 Å². The van der Waals surface area contributed by atoms with E-state index in [1.54, 1.807) is 13.0 Å². The third-order valence-corrected chi connectivity index (χ3v) is 11.0. The summed E-state index contributed by atoms with van der Waals surface area (Å²) in [7, 11) is 3.49. The van der Waals surface area contributed by atoms with Gasteiger partial charge in [-0.25, -0.2) is 0 Å². The number of piperazine rings is 1. The number of phenols is 1. The summed E-state index contributed by atoms with van der Waals surface area (Å²) in [6, 6.07) is 10.7. The van der Waals surface area contributed by atoms with Gasteiger partial charge in [0.2, 0.25) is 18.6 Å². The largest absolute Gasteiger partial charge is 0.504 e. The van der Waals surface area contributed by atoms with Crippen LogP contribution in [0.5, 0.6) is 28.7 Å². The number of aryl methyl sites for hydroxylation is 1. The van der Waals surface area contributed by atoms with Crippen molar-refractivity contribution in [2.24, 2.45) is 0 Å². The molecule has 13 heteroatoms. The lowest BCUT2D eigenvalue weighted by molar-refractivity contribution is -0.132. The standard InChI is InChI=1S/C40H43N5O8/c1-20-14-25-15-27-29(17-41)45-28(34(44(27)5)32(25)35(48)36(20)50-6)16-26-33(39-38(51-19-52-39)21(2)37(26)53-23(4)46)30(45)18-42-40(49)22(3)43-31(47)13-12-24-10-8-7-9-11-24/h7-14,22,27-30,34,48H,15-16,18-19H2,1-6H3,(H,42,49)(H,43,47)/b13-12+/t22-,27+,28?,29?,30-,34+/m0/s1. The average Bonchev–Trinajstić information content (AvgIpc) is 3.62. The van der Waals surface area contributed by atoms with Crippen LogP contribution in [0, 0.1) is 25.2 Å². The Balaban J connectivity index is 1.30. The van der Waals surface area contributed by atoms with E-state index in [4.69, 9.17) is 18.9 Å². The molecule has 3 aromatic rings. The van der Waals surface area contributed by atoms with Crippen molar-refractivity contribution in [2.45, 2.75) is 76.8 Å². The van der Waals surface area contributed by atoms with E-state index in [0.717, 1.165) is 22.3 Å². The molecule has 3 N–H and O–H groups in total. The number of nitriles is 1. The minimum absolute atomic E-state index is 0.0260. The highest BCUT2D eigenvalue weighted by Crippen LogP contribution is 2.58. The Bertz CT molecular complexity index is 2060. The molecule has 0 radical (unpaired) electrons. The molecular weight excluding hydrogens is 678 g/mol. The molecule has 13 nitrogen and oxygen atoms in total. The Hall–Kier alpha value is -5.58. The molecule has 53 heavy (non-hydrogen) atoms. The average molecular weight is 722 g/mol. The molecule has 0 spiro atoms. The van der Waals surface area contributed by atoms with Crippen LogP contribution in [0.3, 0.4) is 0 Å². The van der Waals surface area contributed by atoms with Gasteiger partial charge in [-0.1, -0.05) is 36.4 Å². The van der Waals surface area contributed by atoms with Gasteiger partial charge >= 0.3 is 5.97 Å². The number of amides is 2. The lowest BCUT2D eigenvalue weighted by Crippen LogP contribution is -2.69. The van der Waals surface area contributed by atoms with E-state index in [1.165, 1.54) is 20.1 Å². The Morgan fingerprint density at radius 3 is 2.53 bits per heavy atom. The van der Waals surface area contributed by atoms with Gasteiger partial charge in [0.15, 0.2) is 23.0 Å². The fourth-order valence-electron chi connectivity index (χ4n) is 8.72. The van der Waals surface area contributed by atoms with Gasteiger partial charge in [-0.15, -0.1) is 0 Å². The minimum atomic E-state index is -0.889.